The third kappa shape index (κ3) is 3.26. The molecule has 0 radical (unpaired) electrons. The van der Waals surface area contributed by atoms with Crippen molar-refractivity contribution in [3.8, 4) is 0 Å². The van der Waals surface area contributed by atoms with E-state index < -0.39 is 17.7 Å². The van der Waals surface area contributed by atoms with Crippen molar-refractivity contribution in [2.75, 3.05) is 0 Å². The minimum Gasteiger partial charge on any atom is -0.444 e. The normalized spacial score (nSPS) is 26.4. The summed E-state index contributed by atoms with van der Waals surface area (Å²) in [4.78, 5) is 29.2. The Morgan fingerprint density at radius 1 is 1.42 bits per heavy atom. The van der Waals surface area contributed by atoms with Gasteiger partial charge in [0.15, 0.2) is 0 Å². The van der Waals surface area contributed by atoms with Crippen molar-refractivity contribution in [1.29, 1.82) is 0 Å². The molecule has 0 unspecified atom stereocenters. The average molecular weight is 268 g/mol. The van der Waals surface area contributed by atoms with Gasteiger partial charge in [0.25, 0.3) is 5.91 Å². The Balaban J connectivity index is 1.86. The van der Waals surface area contributed by atoms with E-state index in [2.05, 4.69) is 5.32 Å². The first-order valence-electron chi connectivity index (χ1n) is 6.44. The topological polar surface area (TPSA) is 67.9 Å². The van der Waals surface area contributed by atoms with Crippen molar-refractivity contribution in [1.82, 2.24) is 10.4 Å². The molecule has 0 aromatic carbocycles. The second-order valence-corrected chi connectivity index (χ2v) is 5.86. The Bertz CT molecular complexity index is 413. The van der Waals surface area contributed by atoms with Crippen LogP contribution in [0, 0.1) is 0 Å². The maximum Gasteiger partial charge on any atom is 0.408 e. The number of rotatable bonds is 2. The van der Waals surface area contributed by atoms with Crippen LogP contribution < -0.4 is 5.32 Å². The molecule has 1 heterocycles. The fraction of sp³-hybridized carbons (Fsp3) is 0.692. The summed E-state index contributed by atoms with van der Waals surface area (Å²) >= 11 is 0. The van der Waals surface area contributed by atoms with Crippen molar-refractivity contribution in [2.24, 2.45) is 0 Å². The maximum absolute atomic E-state index is 12.1. The first-order chi connectivity index (χ1) is 8.76. The highest BCUT2D eigenvalue weighted by Crippen LogP contribution is 2.29. The third-order valence-corrected chi connectivity index (χ3v) is 2.89. The first kappa shape index (κ1) is 13.9. The van der Waals surface area contributed by atoms with Gasteiger partial charge in [-0.05, 0) is 27.7 Å². The SMILES string of the molecule is C[C@H](NC(=O)OC(C)(C)C)C(=O)N1O[C@H]2C=C[C@@H]1C2. The van der Waals surface area contributed by atoms with Gasteiger partial charge in [-0.1, -0.05) is 12.2 Å². The van der Waals surface area contributed by atoms with E-state index >= 15 is 0 Å². The number of hydrogen-bond acceptors (Lipinski definition) is 4. The van der Waals surface area contributed by atoms with Crippen molar-refractivity contribution in [3.05, 3.63) is 12.2 Å². The summed E-state index contributed by atoms with van der Waals surface area (Å²) in [6, 6.07) is -0.692. The Morgan fingerprint density at radius 2 is 2.11 bits per heavy atom. The van der Waals surface area contributed by atoms with Gasteiger partial charge in [0.2, 0.25) is 0 Å². The zero-order valence-corrected chi connectivity index (χ0v) is 11.7. The number of carbonyl (C=O) groups is 2. The van der Waals surface area contributed by atoms with Gasteiger partial charge in [-0.25, -0.2) is 9.86 Å². The number of alkyl carbamates (subject to hydrolysis) is 1. The minimum absolute atomic E-state index is 0.0114. The van der Waals surface area contributed by atoms with Crippen LogP contribution in [0.15, 0.2) is 12.2 Å². The summed E-state index contributed by atoms with van der Waals surface area (Å²) < 4.78 is 5.11. The summed E-state index contributed by atoms with van der Waals surface area (Å²) in [6.45, 7) is 6.93. The van der Waals surface area contributed by atoms with Crippen molar-refractivity contribution in [3.63, 3.8) is 0 Å². The summed E-state index contributed by atoms with van der Waals surface area (Å²) in [5.41, 5.74) is -0.585. The monoisotopic (exact) mass is 268 g/mol. The molecule has 2 rings (SSSR count). The number of amides is 2. The Kier molecular flexibility index (Phi) is 3.54. The van der Waals surface area contributed by atoms with E-state index in [0.717, 1.165) is 6.42 Å². The quantitative estimate of drug-likeness (QED) is 0.768. The van der Waals surface area contributed by atoms with Gasteiger partial charge < -0.3 is 10.1 Å². The standard InChI is InChI=1S/C13H20N2O4/c1-8(14-12(17)18-13(2,3)4)11(16)15-9-5-6-10(7-9)19-15/h5-6,8-10H,7H2,1-4H3,(H,14,17)/t8-,9+,10-/m0/s1. The van der Waals surface area contributed by atoms with Crippen LogP contribution in [0.5, 0.6) is 0 Å². The van der Waals surface area contributed by atoms with Crippen LogP contribution in [0.4, 0.5) is 4.79 Å². The molecule has 1 fully saturated rings. The zero-order valence-electron chi connectivity index (χ0n) is 11.7. The third-order valence-electron chi connectivity index (χ3n) is 2.89. The van der Waals surface area contributed by atoms with Gasteiger partial charge in [0.1, 0.15) is 17.7 Å². The number of nitrogens with one attached hydrogen (secondary N) is 1. The molecule has 6 heteroatoms. The highest BCUT2D eigenvalue weighted by atomic mass is 16.7. The molecule has 3 atom stereocenters. The fourth-order valence-electron chi connectivity index (χ4n) is 2.08. The van der Waals surface area contributed by atoms with Crippen molar-refractivity contribution >= 4 is 12.0 Å². The lowest BCUT2D eigenvalue weighted by atomic mass is 10.2. The van der Waals surface area contributed by atoms with E-state index in [1.165, 1.54) is 5.06 Å². The van der Waals surface area contributed by atoms with E-state index in [-0.39, 0.29) is 18.1 Å². The lowest BCUT2D eigenvalue weighted by Crippen LogP contribution is -2.49. The van der Waals surface area contributed by atoms with E-state index in [0.29, 0.717) is 0 Å². The van der Waals surface area contributed by atoms with Crippen molar-refractivity contribution < 1.29 is 19.2 Å². The molecule has 0 spiro atoms. The molecule has 2 amide bonds. The molecule has 19 heavy (non-hydrogen) atoms. The van der Waals surface area contributed by atoms with Gasteiger partial charge in [-0.2, -0.15) is 0 Å². The number of hydroxylamine groups is 2. The van der Waals surface area contributed by atoms with Crippen LogP contribution in [0.3, 0.4) is 0 Å². The van der Waals surface area contributed by atoms with Crippen molar-refractivity contribution in [2.45, 2.75) is 57.9 Å². The predicted molar refractivity (Wildman–Crippen MR) is 68.1 cm³/mol. The van der Waals surface area contributed by atoms with Crippen LogP contribution in [-0.2, 0) is 14.4 Å². The largest absolute Gasteiger partial charge is 0.444 e. The molecule has 106 valence electrons. The molecule has 1 N–H and O–H groups in total. The van der Waals surface area contributed by atoms with E-state index in [1.54, 1.807) is 27.7 Å². The molecule has 1 aliphatic carbocycles. The Hall–Kier alpha value is -1.56. The molecule has 6 nitrogen and oxygen atoms in total. The second-order valence-electron chi connectivity index (χ2n) is 5.86. The van der Waals surface area contributed by atoms with E-state index in [4.69, 9.17) is 9.57 Å². The van der Waals surface area contributed by atoms with Gasteiger partial charge >= 0.3 is 6.09 Å². The molecule has 0 aromatic heterocycles. The Morgan fingerprint density at radius 3 is 2.58 bits per heavy atom. The minimum atomic E-state index is -0.678. The highest BCUT2D eigenvalue weighted by Gasteiger charge is 2.40. The highest BCUT2D eigenvalue weighted by molar-refractivity contribution is 5.85. The molecule has 0 aromatic rings. The summed E-state index contributed by atoms with van der Waals surface area (Å²) in [7, 11) is 0. The van der Waals surface area contributed by atoms with Crippen LogP contribution >= 0.6 is 0 Å². The van der Waals surface area contributed by atoms with Crippen LogP contribution in [0.2, 0.25) is 0 Å². The maximum atomic E-state index is 12.1. The number of fused-ring (bicyclic) bond motifs is 2. The number of ether oxygens (including phenoxy) is 1. The molecular weight excluding hydrogens is 248 g/mol. The Labute approximate surface area is 112 Å². The van der Waals surface area contributed by atoms with Crippen LogP contribution in [0.1, 0.15) is 34.1 Å². The number of carbonyl (C=O) groups excluding carboxylic acids is 2. The molecule has 1 aliphatic heterocycles. The van der Waals surface area contributed by atoms with Gasteiger partial charge in [-0.15, -0.1) is 0 Å². The van der Waals surface area contributed by atoms with Crippen LogP contribution in [-0.4, -0.2) is 40.9 Å². The number of hydrogen-bond donors (Lipinski definition) is 1. The molecular formula is C13H20N2O4. The lowest BCUT2D eigenvalue weighted by molar-refractivity contribution is -0.184. The first-order valence-corrected chi connectivity index (χ1v) is 6.44. The summed E-state index contributed by atoms with van der Waals surface area (Å²) in [6.07, 6.45) is 4.08. The molecule has 0 saturated carbocycles. The van der Waals surface area contributed by atoms with Crippen LogP contribution in [0.25, 0.3) is 0 Å². The van der Waals surface area contributed by atoms with Gasteiger partial charge in [0, 0.05) is 6.42 Å². The summed E-state index contributed by atoms with van der Waals surface area (Å²) in [5.74, 6) is -0.261. The predicted octanol–water partition coefficient (Wildman–Crippen LogP) is 1.37. The zero-order chi connectivity index (χ0) is 14.2. The lowest BCUT2D eigenvalue weighted by Gasteiger charge is -2.27. The molecule has 2 bridgehead atoms. The van der Waals surface area contributed by atoms with Gasteiger partial charge in [-0.3, -0.25) is 9.63 Å². The number of nitrogens with zero attached hydrogens (tertiary/aromatic N) is 1. The molecule has 1 saturated heterocycles. The van der Waals surface area contributed by atoms with E-state index in [1.807, 2.05) is 12.2 Å². The smallest absolute Gasteiger partial charge is 0.408 e. The second kappa shape index (κ2) is 4.85. The summed E-state index contributed by atoms with van der Waals surface area (Å²) in [5, 5.41) is 3.86. The van der Waals surface area contributed by atoms with Gasteiger partial charge in [0.05, 0.1) is 6.04 Å². The molecule has 2 aliphatic rings. The van der Waals surface area contributed by atoms with E-state index in [9.17, 15) is 9.59 Å². The average Bonchev–Trinajstić information content (AvgIpc) is 2.86. The fourth-order valence-corrected chi connectivity index (χ4v) is 2.08.